The summed E-state index contributed by atoms with van der Waals surface area (Å²) in [4.78, 5) is 0. The van der Waals surface area contributed by atoms with Crippen molar-refractivity contribution >= 4 is 11.8 Å². The summed E-state index contributed by atoms with van der Waals surface area (Å²) in [6.45, 7) is 7.00. The van der Waals surface area contributed by atoms with Crippen LogP contribution in [0.1, 0.15) is 59.3 Å². The summed E-state index contributed by atoms with van der Waals surface area (Å²) < 4.78 is 0. The lowest BCUT2D eigenvalue weighted by molar-refractivity contribution is 0.359. The minimum absolute atomic E-state index is 0.965. The lowest BCUT2D eigenvalue weighted by atomic mass is 9.87. The largest absolute Gasteiger partial charge is 0.155 e. The Kier molecular flexibility index (Phi) is 5.23. The zero-order valence-electron chi connectivity index (χ0n) is 9.38. The maximum absolute atomic E-state index is 2.38. The van der Waals surface area contributed by atoms with E-state index in [1.54, 1.807) is 0 Å². The van der Waals surface area contributed by atoms with E-state index in [0.29, 0.717) is 0 Å². The second-order valence-electron chi connectivity index (χ2n) is 4.53. The molecule has 0 N–H and O–H groups in total. The van der Waals surface area contributed by atoms with Gasteiger partial charge < -0.3 is 0 Å². The second-order valence-corrected chi connectivity index (χ2v) is 6.14. The lowest BCUT2D eigenvalue weighted by Crippen LogP contribution is -2.25. The van der Waals surface area contributed by atoms with Gasteiger partial charge in [-0.15, -0.1) is 0 Å². The zero-order chi connectivity index (χ0) is 9.68. The van der Waals surface area contributed by atoms with Crippen molar-refractivity contribution in [3.63, 3.8) is 0 Å². The van der Waals surface area contributed by atoms with Gasteiger partial charge in [-0.1, -0.05) is 33.6 Å². The topological polar surface area (TPSA) is 0 Å². The van der Waals surface area contributed by atoms with Gasteiger partial charge in [-0.05, 0) is 31.6 Å². The lowest BCUT2D eigenvalue weighted by Gasteiger charge is -2.34. The molecule has 1 fully saturated rings. The van der Waals surface area contributed by atoms with Gasteiger partial charge in [-0.2, -0.15) is 11.8 Å². The highest BCUT2D eigenvalue weighted by Gasteiger charge is 2.27. The van der Waals surface area contributed by atoms with Crippen LogP contribution in [0.25, 0.3) is 0 Å². The third-order valence-corrected chi connectivity index (χ3v) is 4.56. The first-order chi connectivity index (χ1) is 6.26. The van der Waals surface area contributed by atoms with E-state index in [4.69, 9.17) is 0 Å². The van der Waals surface area contributed by atoms with Crippen LogP contribution in [0.2, 0.25) is 0 Å². The molecule has 0 aromatic carbocycles. The summed E-state index contributed by atoms with van der Waals surface area (Å²) in [6.07, 6.45) is 8.55. The van der Waals surface area contributed by atoms with Crippen LogP contribution in [-0.4, -0.2) is 10.5 Å². The van der Waals surface area contributed by atoms with Gasteiger partial charge in [0.05, 0.1) is 0 Å². The highest BCUT2D eigenvalue weighted by Crippen LogP contribution is 2.40. The highest BCUT2D eigenvalue weighted by atomic mass is 32.2. The fourth-order valence-corrected chi connectivity index (χ4v) is 4.30. The first-order valence-corrected chi connectivity index (χ1v) is 6.86. The molecule has 0 spiro atoms. The Bertz CT molecular complexity index is 121. The number of hydrogen-bond donors (Lipinski definition) is 0. The number of hydrogen-bond acceptors (Lipinski definition) is 1. The smallest absolute Gasteiger partial charge is 0.00549 e. The van der Waals surface area contributed by atoms with Crippen LogP contribution in [0, 0.1) is 5.92 Å². The minimum atomic E-state index is 0.965. The van der Waals surface area contributed by atoms with Gasteiger partial charge in [0.15, 0.2) is 0 Å². The van der Waals surface area contributed by atoms with Crippen LogP contribution in [-0.2, 0) is 0 Å². The van der Waals surface area contributed by atoms with Crippen LogP contribution < -0.4 is 0 Å². The molecule has 0 heterocycles. The highest BCUT2D eigenvalue weighted by molar-refractivity contribution is 8.00. The molecule has 0 nitrogen and oxygen atoms in total. The molecular formula is C12H24S. The van der Waals surface area contributed by atoms with Gasteiger partial charge in [0.2, 0.25) is 0 Å². The van der Waals surface area contributed by atoms with E-state index in [2.05, 4.69) is 32.5 Å². The van der Waals surface area contributed by atoms with Crippen LogP contribution in [0.15, 0.2) is 0 Å². The molecule has 0 saturated heterocycles. The Balaban J connectivity index is 2.14. The predicted octanol–water partition coefficient (Wildman–Crippen LogP) is 4.49. The summed E-state index contributed by atoms with van der Waals surface area (Å²) in [5.74, 6) is 1.02. The Labute approximate surface area is 87.9 Å². The van der Waals surface area contributed by atoms with Crippen LogP contribution in [0.5, 0.6) is 0 Å². The molecular weight excluding hydrogens is 176 g/mol. The SMILES string of the molecule is CCCC(CCC)SC1CC(C)C1. The van der Waals surface area contributed by atoms with Gasteiger partial charge >= 0.3 is 0 Å². The molecule has 0 aromatic rings. The maximum atomic E-state index is 2.38. The summed E-state index contributed by atoms with van der Waals surface area (Å²) in [6, 6.07) is 0. The van der Waals surface area contributed by atoms with Gasteiger partial charge in [0, 0.05) is 10.5 Å². The molecule has 1 aliphatic rings. The number of rotatable bonds is 6. The van der Waals surface area contributed by atoms with E-state index in [-0.39, 0.29) is 0 Å². The van der Waals surface area contributed by atoms with Gasteiger partial charge in [-0.25, -0.2) is 0 Å². The molecule has 1 rings (SSSR count). The molecule has 0 bridgehead atoms. The maximum Gasteiger partial charge on any atom is 0.00549 e. The summed E-state index contributed by atoms with van der Waals surface area (Å²) >= 11 is 2.28. The Hall–Kier alpha value is 0.350. The Morgan fingerprint density at radius 2 is 1.69 bits per heavy atom. The second kappa shape index (κ2) is 5.95. The zero-order valence-corrected chi connectivity index (χ0v) is 10.2. The molecule has 0 aromatic heterocycles. The Morgan fingerprint density at radius 1 is 1.15 bits per heavy atom. The van der Waals surface area contributed by atoms with E-state index in [1.807, 2.05) is 0 Å². The third kappa shape index (κ3) is 3.93. The van der Waals surface area contributed by atoms with Gasteiger partial charge in [-0.3, -0.25) is 0 Å². The first-order valence-electron chi connectivity index (χ1n) is 5.91. The van der Waals surface area contributed by atoms with E-state index >= 15 is 0 Å². The molecule has 1 saturated carbocycles. The van der Waals surface area contributed by atoms with E-state index in [9.17, 15) is 0 Å². The fraction of sp³-hybridized carbons (Fsp3) is 1.00. The van der Waals surface area contributed by atoms with Gasteiger partial charge in [0.1, 0.15) is 0 Å². The van der Waals surface area contributed by atoms with Crippen molar-refractivity contribution in [2.24, 2.45) is 5.92 Å². The van der Waals surface area contributed by atoms with Crippen molar-refractivity contribution in [1.82, 2.24) is 0 Å². The molecule has 0 unspecified atom stereocenters. The third-order valence-electron chi connectivity index (χ3n) is 2.94. The van der Waals surface area contributed by atoms with Crippen molar-refractivity contribution in [2.75, 3.05) is 0 Å². The van der Waals surface area contributed by atoms with E-state index in [0.717, 1.165) is 16.4 Å². The molecule has 1 aliphatic carbocycles. The fourth-order valence-electron chi connectivity index (χ4n) is 2.14. The standard InChI is InChI=1S/C12H24S/c1-4-6-11(7-5-2)13-12-8-10(3)9-12/h10-12H,4-9H2,1-3H3. The minimum Gasteiger partial charge on any atom is -0.155 e. The van der Waals surface area contributed by atoms with Crippen molar-refractivity contribution < 1.29 is 0 Å². The average Bonchev–Trinajstić information content (AvgIpc) is 2.02. The number of thioether (sulfide) groups is 1. The van der Waals surface area contributed by atoms with Crippen molar-refractivity contribution in [3.05, 3.63) is 0 Å². The van der Waals surface area contributed by atoms with Crippen LogP contribution in [0.3, 0.4) is 0 Å². The average molecular weight is 200 g/mol. The van der Waals surface area contributed by atoms with Crippen molar-refractivity contribution in [2.45, 2.75) is 69.8 Å². The predicted molar refractivity (Wildman–Crippen MR) is 63.4 cm³/mol. The Morgan fingerprint density at radius 3 is 2.08 bits per heavy atom. The van der Waals surface area contributed by atoms with Gasteiger partial charge in [0.25, 0.3) is 0 Å². The molecule has 1 heteroatoms. The monoisotopic (exact) mass is 200 g/mol. The van der Waals surface area contributed by atoms with E-state index in [1.165, 1.54) is 38.5 Å². The molecule has 0 aliphatic heterocycles. The first kappa shape index (κ1) is 11.4. The molecule has 0 atom stereocenters. The molecule has 0 amide bonds. The van der Waals surface area contributed by atoms with E-state index < -0.39 is 0 Å². The van der Waals surface area contributed by atoms with Crippen molar-refractivity contribution in [3.8, 4) is 0 Å². The summed E-state index contributed by atoms with van der Waals surface area (Å²) in [5.41, 5.74) is 0. The van der Waals surface area contributed by atoms with Crippen LogP contribution in [0.4, 0.5) is 0 Å². The summed E-state index contributed by atoms with van der Waals surface area (Å²) in [7, 11) is 0. The quantitative estimate of drug-likeness (QED) is 0.609. The summed E-state index contributed by atoms with van der Waals surface area (Å²) in [5, 5.41) is 1.98. The molecule has 13 heavy (non-hydrogen) atoms. The van der Waals surface area contributed by atoms with Crippen LogP contribution >= 0.6 is 11.8 Å². The molecule has 78 valence electrons. The molecule has 0 radical (unpaired) electrons. The normalized spacial score (nSPS) is 27.7. The van der Waals surface area contributed by atoms with Crippen molar-refractivity contribution in [1.29, 1.82) is 0 Å².